The predicted octanol–water partition coefficient (Wildman–Crippen LogP) is 4.01. The largest absolute Gasteiger partial charge is 0.481 e. The van der Waals surface area contributed by atoms with E-state index in [2.05, 4.69) is 17.6 Å². The molecule has 1 aromatic rings. The number of hydrogen-bond donors (Lipinski definition) is 3. The number of carbonyl (C=O) groups is 3. The number of carbonyl (C=O) groups excluding carboxylic acids is 2. The van der Waals surface area contributed by atoms with E-state index in [1.807, 2.05) is 12.2 Å². The summed E-state index contributed by atoms with van der Waals surface area (Å²) >= 11 is 1.52. The van der Waals surface area contributed by atoms with Gasteiger partial charge < -0.3 is 15.7 Å². The molecule has 2 bridgehead atoms. The molecule has 5 aliphatic carbocycles. The van der Waals surface area contributed by atoms with Crippen LogP contribution in [-0.4, -0.2) is 28.9 Å². The summed E-state index contributed by atoms with van der Waals surface area (Å²) in [5, 5.41) is 16.5. The van der Waals surface area contributed by atoms with Crippen LogP contribution in [0.25, 0.3) is 0 Å². The lowest BCUT2D eigenvalue weighted by Crippen LogP contribution is -2.47. The lowest BCUT2D eigenvalue weighted by Gasteiger charge is -2.41. The normalized spacial score (nSPS) is 31.2. The Balaban J connectivity index is 1.44. The molecule has 1 aromatic heterocycles. The van der Waals surface area contributed by atoms with Crippen molar-refractivity contribution in [2.45, 2.75) is 64.3 Å². The van der Waals surface area contributed by atoms with Crippen LogP contribution >= 0.6 is 11.3 Å². The van der Waals surface area contributed by atoms with E-state index in [-0.39, 0.29) is 29.7 Å². The topological polar surface area (TPSA) is 95.5 Å². The molecule has 0 saturated heterocycles. The molecule has 31 heavy (non-hydrogen) atoms. The minimum Gasteiger partial charge on any atom is -0.481 e. The minimum atomic E-state index is -0.901. The smallest absolute Gasteiger partial charge is 0.307 e. The number of aliphatic carboxylic acids is 1. The Labute approximate surface area is 186 Å². The number of allylic oxidation sites excluding steroid dienone is 2. The van der Waals surface area contributed by atoms with E-state index < -0.39 is 17.8 Å². The average molecular weight is 443 g/mol. The summed E-state index contributed by atoms with van der Waals surface area (Å²) in [6.07, 6.45) is 11.7. The van der Waals surface area contributed by atoms with Gasteiger partial charge in [0.1, 0.15) is 5.00 Å². The van der Waals surface area contributed by atoms with Gasteiger partial charge in [0.05, 0.1) is 17.4 Å². The van der Waals surface area contributed by atoms with Crippen LogP contribution in [0.3, 0.4) is 0 Å². The number of anilines is 1. The number of amides is 2. The lowest BCUT2D eigenvalue weighted by atomic mass is 9.62. The molecule has 0 spiro atoms. The number of rotatable bonds is 6. The molecule has 5 atom stereocenters. The van der Waals surface area contributed by atoms with Crippen LogP contribution in [0.2, 0.25) is 0 Å². The van der Waals surface area contributed by atoms with Crippen molar-refractivity contribution < 1.29 is 19.5 Å². The zero-order chi connectivity index (χ0) is 21.7. The first-order valence-electron chi connectivity index (χ1n) is 11.6. The van der Waals surface area contributed by atoms with Crippen LogP contribution in [0.1, 0.15) is 66.2 Å². The number of carboxylic acids is 1. The molecule has 2 fully saturated rings. The van der Waals surface area contributed by atoms with Gasteiger partial charge in [0.2, 0.25) is 5.91 Å². The molecule has 0 radical (unpaired) electrons. The maximum absolute atomic E-state index is 13.4. The van der Waals surface area contributed by atoms with Gasteiger partial charge in [0.25, 0.3) is 5.91 Å². The number of thiophene rings is 1. The summed E-state index contributed by atoms with van der Waals surface area (Å²) in [7, 11) is 0. The van der Waals surface area contributed by atoms with Gasteiger partial charge in [-0.1, -0.05) is 25.5 Å². The second kappa shape index (κ2) is 8.08. The fourth-order valence-electron chi connectivity index (χ4n) is 5.70. The molecular formula is C24H30N2O4S. The third kappa shape index (κ3) is 3.81. The molecule has 7 heteroatoms. The van der Waals surface area contributed by atoms with Crippen LogP contribution < -0.4 is 10.6 Å². The molecule has 0 aromatic carbocycles. The molecule has 166 valence electrons. The fraction of sp³-hybridized carbons (Fsp3) is 0.625. The van der Waals surface area contributed by atoms with Crippen molar-refractivity contribution in [1.82, 2.24) is 5.32 Å². The van der Waals surface area contributed by atoms with Crippen LogP contribution in [0, 0.1) is 29.6 Å². The summed E-state index contributed by atoms with van der Waals surface area (Å²) in [4.78, 5) is 39.6. The summed E-state index contributed by atoms with van der Waals surface area (Å²) in [6.45, 7) is 2.20. The van der Waals surface area contributed by atoms with Crippen molar-refractivity contribution in [1.29, 1.82) is 0 Å². The molecule has 6 nitrogen and oxygen atoms in total. The van der Waals surface area contributed by atoms with Gasteiger partial charge in [-0.25, -0.2) is 0 Å². The number of hydrogen-bond acceptors (Lipinski definition) is 4. The standard InChI is InChI=1S/C24H30N2O4S/c1-2-12-3-10-16-17(11-12)31-23(20(16)22(28)25-15-8-9-15)26-21(27)18-13-4-6-14(7-5-13)19(18)24(29)30/h4,6,12-15,18-19H,2-3,5,7-11H2,1H3,(H,25,28)(H,26,27)(H,29,30)/t12-,13+,14+,18-,19-/m1/s1. The summed E-state index contributed by atoms with van der Waals surface area (Å²) < 4.78 is 0. The van der Waals surface area contributed by atoms with Crippen molar-refractivity contribution in [3.63, 3.8) is 0 Å². The van der Waals surface area contributed by atoms with Crippen molar-refractivity contribution in [2.24, 2.45) is 29.6 Å². The van der Waals surface area contributed by atoms with Crippen molar-refractivity contribution in [3.05, 3.63) is 28.2 Å². The second-order valence-corrected chi connectivity index (χ2v) is 10.7. The SMILES string of the molecule is CC[C@@H]1CCc2c(sc(NC(=O)[C@H]3[C@H](C(=O)O)[C@H]4C=C[C@H]3CC4)c2C(=O)NC2CC2)C1. The van der Waals surface area contributed by atoms with Crippen molar-refractivity contribution in [2.75, 3.05) is 5.32 Å². The van der Waals surface area contributed by atoms with Gasteiger partial charge in [-0.15, -0.1) is 11.3 Å². The van der Waals surface area contributed by atoms with E-state index in [1.54, 1.807) is 0 Å². The van der Waals surface area contributed by atoms with E-state index in [0.717, 1.165) is 56.9 Å². The molecule has 3 N–H and O–H groups in total. The third-order valence-electron chi connectivity index (χ3n) is 7.66. The number of nitrogens with one attached hydrogen (secondary N) is 2. The van der Waals surface area contributed by atoms with Crippen LogP contribution in [0.15, 0.2) is 12.2 Å². The number of fused-ring (bicyclic) bond motifs is 3. The molecule has 6 rings (SSSR count). The van der Waals surface area contributed by atoms with Crippen LogP contribution in [0.5, 0.6) is 0 Å². The van der Waals surface area contributed by atoms with Gasteiger partial charge >= 0.3 is 5.97 Å². The molecule has 2 amide bonds. The summed E-state index contributed by atoms with van der Waals surface area (Å²) in [5.74, 6) is -2.03. The molecule has 5 aliphatic rings. The maximum atomic E-state index is 13.4. The molecular weight excluding hydrogens is 412 g/mol. The van der Waals surface area contributed by atoms with Gasteiger partial charge in [0, 0.05) is 10.9 Å². The summed E-state index contributed by atoms with van der Waals surface area (Å²) in [5.41, 5.74) is 1.71. The second-order valence-electron chi connectivity index (χ2n) is 9.64. The highest BCUT2D eigenvalue weighted by Crippen LogP contribution is 2.46. The Morgan fingerprint density at radius 1 is 1.06 bits per heavy atom. The van der Waals surface area contributed by atoms with E-state index in [9.17, 15) is 19.5 Å². The molecule has 0 aliphatic heterocycles. The van der Waals surface area contributed by atoms with Crippen LogP contribution in [-0.2, 0) is 22.4 Å². The predicted molar refractivity (Wildman–Crippen MR) is 119 cm³/mol. The quantitative estimate of drug-likeness (QED) is 0.580. The minimum absolute atomic E-state index is 0.0473. The molecule has 1 heterocycles. The first-order chi connectivity index (χ1) is 15.0. The zero-order valence-electron chi connectivity index (χ0n) is 17.9. The monoisotopic (exact) mass is 442 g/mol. The van der Waals surface area contributed by atoms with E-state index in [0.29, 0.717) is 16.5 Å². The average Bonchev–Trinajstić information content (AvgIpc) is 3.51. The highest BCUT2D eigenvalue weighted by molar-refractivity contribution is 7.17. The Kier molecular flexibility index (Phi) is 5.40. The van der Waals surface area contributed by atoms with Crippen molar-refractivity contribution >= 4 is 34.1 Å². The van der Waals surface area contributed by atoms with E-state index in [4.69, 9.17) is 0 Å². The zero-order valence-corrected chi connectivity index (χ0v) is 18.7. The van der Waals surface area contributed by atoms with Gasteiger partial charge in [-0.05, 0) is 68.3 Å². The van der Waals surface area contributed by atoms with Gasteiger partial charge in [0.15, 0.2) is 0 Å². The van der Waals surface area contributed by atoms with Gasteiger partial charge in [-0.3, -0.25) is 14.4 Å². The third-order valence-corrected chi connectivity index (χ3v) is 8.83. The van der Waals surface area contributed by atoms with E-state index in [1.165, 1.54) is 16.2 Å². The molecule has 2 saturated carbocycles. The lowest BCUT2D eigenvalue weighted by molar-refractivity contribution is -0.151. The maximum Gasteiger partial charge on any atom is 0.307 e. The first-order valence-corrected chi connectivity index (χ1v) is 12.4. The molecule has 0 unspecified atom stereocenters. The fourth-order valence-corrected chi connectivity index (χ4v) is 7.06. The highest BCUT2D eigenvalue weighted by atomic mass is 32.1. The van der Waals surface area contributed by atoms with Gasteiger partial charge in [-0.2, -0.15) is 0 Å². The Hall–Kier alpha value is -2.15. The highest BCUT2D eigenvalue weighted by Gasteiger charge is 2.48. The summed E-state index contributed by atoms with van der Waals surface area (Å²) in [6, 6.07) is 0.245. The van der Waals surface area contributed by atoms with Crippen LogP contribution in [0.4, 0.5) is 5.00 Å². The Morgan fingerprint density at radius 3 is 2.39 bits per heavy atom. The number of carboxylic acid groups (broad SMARTS) is 1. The van der Waals surface area contributed by atoms with E-state index >= 15 is 0 Å². The Morgan fingerprint density at radius 2 is 1.77 bits per heavy atom. The van der Waals surface area contributed by atoms with Crippen molar-refractivity contribution in [3.8, 4) is 0 Å². The Bertz CT molecular complexity index is 948. The first kappa shape index (κ1) is 20.7.